The zero-order valence-electron chi connectivity index (χ0n) is 37.3. The number of piperidine rings is 3. The highest BCUT2D eigenvalue weighted by molar-refractivity contribution is 7.88. The molecule has 0 aliphatic carbocycles. The van der Waals surface area contributed by atoms with Crippen molar-refractivity contribution >= 4 is 96.4 Å². The maximum Gasteiger partial charge on any atom is 0.349 e. The van der Waals surface area contributed by atoms with E-state index in [-0.39, 0.29) is 76.0 Å². The van der Waals surface area contributed by atoms with Gasteiger partial charge in [0.2, 0.25) is 21.8 Å². The Morgan fingerprint density at radius 2 is 1.78 bits per heavy atom. The van der Waals surface area contributed by atoms with E-state index in [9.17, 15) is 37.5 Å². The van der Waals surface area contributed by atoms with Crippen molar-refractivity contribution in [1.29, 1.82) is 0 Å². The van der Waals surface area contributed by atoms with Gasteiger partial charge in [0.1, 0.15) is 16.8 Å². The summed E-state index contributed by atoms with van der Waals surface area (Å²) >= 11 is 7.41. The number of sulfonamides is 1. The first-order valence-electron chi connectivity index (χ1n) is 22.4. The number of nitrogens with zero attached hydrogens (tertiary/aromatic N) is 7. The van der Waals surface area contributed by atoms with Gasteiger partial charge in [-0.25, -0.2) is 27.5 Å². The predicted molar refractivity (Wildman–Crippen MR) is 257 cm³/mol. The number of benzene rings is 3. The van der Waals surface area contributed by atoms with Gasteiger partial charge in [-0.2, -0.15) is 14.4 Å². The van der Waals surface area contributed by atoms with Crippen LogP contribution in [0.5, 0.6) is 5.75 Å². The van der Waals surface area contributed by atoms with E-state index in [1.54, 1.807) is 39.9 Å². The number of aromatic nitrogens is 4. The number of carboxylic acid groups (broad SMARTS) is 2. The molecule has 3 saturated heterocycles. The van der Waals surface area contributed by atoms with Crippen LogP contribution in [0.3, 0.4) is 0 Å². The molecule has 4 N–H and O–H groups in total. The number of carbonyl (C=O) groups excluding carboxylic acids is 3. The number of imidazole rings is 1. The van der Waals surface area contributed by atoms with Gasteiger partial charge in [0.05, 0.1) is 28.7 Å². The van der Waals surface area contributed by atoms with Gasteiger partial charge in [0, 0.05) is 54.3 Å². The second-order valence-corrected chi connectivity index (χ2v) is 21.6. The SMILES string of the molecule is CC1(C)CC(Nc2cccc(-c3sc(C(=O)O)c(OCC(=O)O)c3Cl)c2)CCN1S(=O)(=O)Cc1cnn2cc(N3CCC(c4ccc5c6c(cccc46)C(=O)N5C4CCC(=O)NC4=O)CC3)nc2n1. The van der Waals surface area contributed by atoms with Crippen molar-refractivity contribution in [1.82, 2.24) is 29.2 Å². The summed E-state index contributed by atoms with van der Waals surface area (Å²) in [4.78, 5) is 74.7. The molecule has 7 heterocycles. The number of ether oxygens (including phenoxy) is 1. The van der Waals surface area contributed by atoms with Crippen LogP contribution in [0.4, 0.5) is 17.2 Å². The number of carbonyl (C=O) groups is 5. The molecule has 4 aliphatic heterocycles. The Balaban J connectivity index is 0.778. The number of carboxylic acids is 2. The van der Waals surface area contributed by atoms with Crippen molar-refractivity contribution in [3.63, 3.8) is 0 Å². The smallest absolute Gasteiger partial charge is 0.349 e. The molecule has 2 atom stereocenters. The molecule has 19 nitrogen and oxygen atoms in total. The molecule has 10 rings (SSSR count). The van der Waals surface area contributed by atoms with Gasteiger partial charge >= 0.3 is 11.9 Å². The number of anilines is 3. The lowest BCUT2D eigenvalue weighted by molar-refractivity contribution is -0.139. The molecule has 3 amide bonds. The Labute approximate surface area is 404 Å². The minimum atomic E-state index is -3.86. The fourth-order valence-electron chi connectivity index (χ4n) is 10.3. The number of aromatic carboxylic acids is 1. The average molecular weight is 997 g/mol. The fraction of sp³-hybridized carbons (Fsp3) is 0.362. The molecule has 0 saturated carbocycles. The van der Waals surface area contributed by atoms with Crippen LogP contribution in [0.2, 0.25) is 5.02 Å². The molecule has 0 spiro atoms. The normalized spacial score (nSPS) is 19.9. The minimum Gasteiger partial charge on any atom is -0.479 e. The number of nitrogens with one attached hydrogen (secondary N) is 2. The van der Waals surface area contributed by atoms with E-state index in [0.29, 0.717) is 59.1 Å². The van der Waals surface area contributed by atoms with Crippen molar-refractivity contribution in [3.8, 4) is 16.2 Å². The number of imide groups is 1. The lowest BCUT2D eigenvalue weighted by atomic mass is 9.85. The third-order valence-corrected chi connectivity index (χ3v) is 17.1. The van der Waals surface area contributed by atoms with Crippen molar-refractivity contribution in [2.24, 2.45) is 0 Å². The van der Waals surface area contributed by atoms with Crippen LogP contribution < -0.4 is 25.2 Å². The standard InChI is InChI=1S/C47H46ClN9O10S2/c1-47(2)20-28(50-27-6-3-5-26(19-27)41-39(48)40(67-23-37(59)60)42(68-41)45(63)64)15-18-56(47)69(65,66)24-29-21-49-55-22-35(52-46(55)51-29)54-16-13-25(14-17-54)30-9-10-33-38-31(30)7-4-8-32(38)44(62)57(33)34-11-12-36(58)53-43(34)61/h3-10,19,21-22,25,28,34,50H,11-18,20,23-24H2,1-2H3,(H,59,60)(H,63,64)(H,53,58,61). The van der Waals surface area contributed by atoms with E-state index in [1.165, 1.54) is 10.5 Å². The van der Waals surface area contributed by atoms with Gasteiger partial charge in [-0.15, -0.1) is 11.3 Å². The number of halogens is 1. The lowest BCUT2D eigenvalue weighted by Gasteiger charge is -2.44. The number of rotatable bonds is 13. The second kappa shape index (κ2) is 17.7. The highest BCUT2D eigenvalue weighted by Gasteiger charge is 2.43. The summed E-state index contributed by atoms with van der Waals surface area (Å²) in [5.41, 5.74) is 3.17. The Morgan fingerprint density at radius 1 is 1.00 bits per heavy atom. The molecule has 0 bridgehead atoms. The molecule has 2 unspecified atom stereocenters. The van der Waals surface area contributed by atoms with Crippen LogP contribution in [0.15, 0.2) is 67.0 Å². The van der Waals surface area contributed by atoms with E-state index in [2.05, 4.69) is 31.7 Å². The Bertz CT molecular complexity index is 3240. The average Bonchev–Trinajstić information content (AvgIpc) is 3.97. The number of amides is 3. The van der Waals surface area contributed by atoms with E-state index in [4.69, 9.17) is 26.4 Å². The first-order valence-corrected chi connectivity index (χ1v) is 25.2. The summed E-state index contributed by atoms with van der Waals surface area (Å²) in [6.07, 6.45) is 6.29. The van der Waals surface area contributed by atoms with E-state index >= 15 is 0 Å². The third-order valence-electron chi connectivity index (χ3n) is 13.4. The first-order chi connectivity index (χ1) is 33.0. The molecule has 358 valence electrons. The topological polar surface area (TPSA) is 246 Å². The number of aliphatic carboxylic acids is 1. The van der Waals surface area contributed by atoms with Crippen molar-refractivity contribution in [3.05, 3.63) is 93.7 Å². The van der Waals surface area contributed by atoms with Gasteiger partial charge in [-0.1, -0.05) is 41.9 Å². The molecular formula is C47H46ClN9O10S2. The molecule has 0 radical (unpaired) electrons. The van der Waals surface area contributed by atoms with Crippen molar-refractivity contribution < 1.29 is 47.3 Å². The van der Waals surface area contributed by atoms with Gasteiger partial charge < -0.3 is 25.2 Å². The predicted octanol–water partition coefficient (Wildman–Crippen LogP) is 6.16. The fourth-order valence-corrected chi connectivity index (χ4v) is 13.6. The third kappa shape index (κ3) is 8.61. The van der Waals surface area contributed by atoms with Crippen molar-refractivity contribution in [2.45, 2.75) is 81.7 Å². The first kappa shape index (κ1) is 46.1. The zero-order valence-corrected chi connectivity index (χ0v) is 39.7. The monoisotopic (exact) mass is 995 g/mol. The molecule has 6 aromatic rings. The Morgan fingerprint density at radius 3 is 2.52 bits per heavy atom. The maximum absolute atomic E-state index is 14.1. The summed E-state index contributed by atoms with van der Waals surface area (Å²) in [5, 5.41) is 31.0. The summed E-state index contributed by atoms with van der Waals surface area (Å²) < 4.78 is 36.5. The van der Waals surface area contributed by atoms with Gasteiger partial charge in [-0.05, 0) is 92.6 Å². The van der Waals surface area contributed by atoms with E-state index in [1.807, 2.05) is 38.1 Å². The van der Waals surface area contributed by atoms with Gasteiger partial charge in [-0.3, -0.25) is 24.6 Å². The van der Waals surface area contributed by atoms with Crippen LogP contribution in [0.25, 0.3) is 27.0 Å². The molecule has 3 aromatic heterocycles. The van der Waals surface area contributed by atoms with Crippen LogP contribution in [-0.4, -0.2) is 116 Å². The maximum atomic E-state index is 14.1. The minimum absolute atomic E-state index is 0.000405. The number of fused-ring (bicyclic) bond motifs is 1. The van der Waals surface area contributed by atoms with Gasteiger partial charge in [0.25, 0.3) is 11.7 Å². The Kier molecular flexibility index (Phi) is 11.8. The van der Waals surface area contributed by atoms with Crippen LogP contribution in [0.1, 0.15) is 89.6 Å². The van der Waals surface area contributed by atoms with E-state index < -0.39 is 46.1 Å². The highest BCUT2D eigenvalue weighted by atomic mass is 35.5. The van der Waals surface area contributed by atoms with Crippen LogP contribution >= 0.6 is 22.9 Å². The molecule has 4 aliphatic rings. The molecule has 3 aromatic carbocycles. The molecule has 3 fully saturated rings. The number of thiophene rings is 1. The zero-order chi connectivity index (χ0) is 48.5. The second-order valence-electron chi connectivity index (χ2n) is 18.3. The number of hydrogen-bond acceptors (Lipinski definition) is 14. The summed E-state index contributed by atoms with van der Waals surface area (Å²) in [6.45, 7) is 4.64. The largest absolute Gasteiger partial charge is 0.479 e. The lowest BCUT2D eigenvalue weighted by Crippen LogP contribution is -2.55. The summed E-state index contributed by atoms with van der Waals surface area (Å²) in [5.74, 6) is -3.00. The molecule has 22 heteroatoms. The number of hydrogen-bond donors (Lipinski definition) is 4. The van der Waals surface area contributed by atoms with E-state index in [0.717, 1.165) is 40.5 Å². The Hall–Kier alpha value is -6.68. The quantitative estimate of drug-likeness (QED) is 0.0948. The summed E-state index contributed by atoms with van der Waals surface area (Å²) in [6, 6.07) is 16.0. The van der Waals surface area contributed by atoms with Crippen molar-refractivity contribution in [2.75, 3.05) is 41.4 Å². The van der Waals surface area contributed by atoms with Crippen LogP contribution in [-0.2, 0) is 30.2 Å². The molecule has 69 heavy (non-hydrogen) atoms. The summed E-state index contributed by atoms with van der Waals surface area (Å²) in [7, 11) is -3.86. The van der Waals surface area contributed by atoms with Gasteiger partial charge in [0.15, 0.2) is 23.1 Å². The van der Waals surface area contributed by atoms with Crippen LogP contribution in [0, 0.1) is 0 Å². The molecular weight excluding hydrogens is 950 g/mol. The highest BCUT2D eigenvalue weighted by Crippen LogP contribution is 2.47.